The standard InChI is InChI=1S/C13H16N2O3S/c1-3-6-13(16)14-19(17,18)12-9-15(2)11-8-5-4-7-10(11)12/h4-5,7-9H,3,6H2,1-2H3,(H,14,16). The molecule has 1 aromatic heterocycles. The van der Waals surface area contributed by atoms with Gasteiger partial charge >= 0.3 is 0 Å². The number of hydrogen-bond donors (Lipinski definition) is 1. The summed E-state index contributed by atoms with van der Waals surface area (Å²) in [5, 5.41) is 0.613. The second-order valence-electron chi connectivity index (χ2n) is 4.40. The van der Waals surface area contributed by atoms with E-state index in [9.17, 15) is 13.2 Å². The van der Waals surface area contributed by atoms with Gasteiger partial charge in [-0.05, 0) is 12.5 Å². The quantitative estimate of drug-likeness (QED) is 0.928. The van der Waals surface area contributed by atoms with Crippen molar-refractivity contribution in [1.29, 1.82) is 0 Å². The van der Waals surface area contributed by atoms with Gasteiger partial charge in [-0.25, -0.2) is 13.1 Å². The van der Waals surface area contributed by atoms with Crippen molar-refractivity contribution in [3.05, 3.63) is 30.5 Å². The minimum Gasteiger partial charge on any atom is -0.349 e. The van der Waals surface area contributed by atoms with Crippen molar-refractivity contribution in [3.63, 3.8) is 0 Å². The molecule has 1 aromatic carbocycles. The number of carbonyl (C=O) groups excluding carboxylic acids is 1. The summed E-state index contributed by atoms with van der Waals surface area (Å²) in [5.74, 6) is -0.476. The minimum absolute atomic E-state index is 0.134. The first kappa shape index (κ1) is 13.6. The lowest BCUT2D eigenvalue weighted by Gasteiger charge is -2.04. The van der Waals surface area contributed by atoms with Crippen LogP contribution in [0.1, 0.15) is 19.8 Å². The summed E-state index contributed by atoms with van der Waals surface area (Å²) in [6.07, 6.45) is 2.33. The van der Waals surface area contributed by atoms with Crippen molar-refractivity contribution < 1.29 is 13.2 Å². The molecule has 0 fully saturated rings. The number of nitrogens with zero attached hydrogens (tertiary/aromatic N) is 1. The van der Waals surface area contributed by atoms with Crippen molar-refractivity contribution in [2.24, 2.45) is 7.05 Å². The van der Waals surface area contributed by atoms with Crippen LogP contribution in [0.25, 0.3) is 10.9 Å². The minimum atomic E-state index is -3.81. The molecule has 0 saturated heterocycles. The van der Waals surface area contributed by atoms with E-state index in [-0.39, 0.29) is 11.3 Å². The van der Waals surface area contributed by atoms with Crippen LogP contribution in [-0.4, -0.2) is 18.9 Å². The Morgan fingerprint density at radius 3 is 2.68 bits per heavy atom. The van der Waals surface area contributed by atoms with Crippen LogP contribution in [0.2, 0.25) is 0 Å². The van der Waals surface area contributed by atoms with Crippen molar-refractivity contribution >= 4 is 26.8 Å². The molecule has 1 amide bonds. The predicted octanol–water partition coefficient (Wildman–Crippen LogP) is 1.78. The lowest BCUT2D eigenvalue weighted by atomic mass is 10.2. The van der Waals surface area contributed by atoms with Crippen LogP contribution in [0.3, 0.4) is 0 Å². The van der Waals surface area contributed by atoms with Crippen LogP contribution in [0, 0.1) is 0 Å². The fourth-order valence-corrected chi connectivity index (χ4v) is 3.27. The molecule has 1 heterocycles. The van der Waals surface area contributed by atoms with E-state index in [1.807, 2.05) is 19.1 Å². The fraction of sp³-hybridized carbons (Fsp3) is 0.308. The number of amides is 1. The van der Waals surface area contributed by atoms with Crippen molar-refractivity contribution in [2.45, 2.75) is 24.7 Å². The smallest absolute Gasteiger partial charge is 0.266 e. The Balaban J connectivity index is 2.46. The maximum atomic E-state index is 12.2. The molecule has 0 unspecified atom stereocenters. The third-order valence-corrected chi connectivity index (χ3v) is 4.28. The van der Waals surface area contributed by atoms with Gasteiger partial charge in [-0.15, -0.1) is 0 Å². The lowest BCUT2D eigenvalue weighted by Crippen LogP contribution is -2.30. The summed E-state index contributed by atoms with van der Waals surface area (Å²) < 4.78 is 28.2. The number of fused-ring (bicyclic) bond motifs is 1. The maximum Gasteiger partial charge on any atom is 0.266 e. The van der Waals surface area contributed by atoms with Gasteiger partial charge in [0.2, 0.25) is 5.91 Å². The Hall–Kier alpha value is -1.82. The molecule has 5 nitrogen and oxygen atoms in total. The lowest BCUT2D eigenvalue weighted by molar-refractivity contribution is -0.119. The SMILES string of the molecule is CCCC(=O)NS(=O)(=O)c1cn(C)c2ccccc12. The summed E-state index contributed by atoms with van der Waals surface area (Å²) in [5.41, 5.74) is 0.811. The largest absolute Gasteiger partial charge is 0.349 e. The van der Waals surface area contributed by atoms with E-state index in [0.717, 1.165) is 5.52 Å². The van der Waals surface area contributed by atoms with Crippen LogP contribution >= 0.6 is 0 Å². The average molecular weight is 280 g/mol. The molecule has 0 spiro atoms. The molecule has 0 bridgehead atoms. The van der Waals surface area contributed by atoms with Gasteiger partial charge in [-0.2, -0.15) is 0 Å². The number of rotatable bonds is 4. The van der Waals surface area contributed by atoms with E-state index in [0.29, 0.717) is 11.8 Å². The number of nitrogens with one attached hydrogen (secondary N) is 1. The summed E-state index contributed by atoms with van der Waals surface area (Å²) in [4.78, 5) is 11.6. The molecule has 1 N–H and O–H groups in total. The molecule has 2 rings (SSSR count). The van der Waals surface area contributed by atoms with Gasteiger partial charge < -0.3 is 4.57 Å². The summed E-state index contributed by atoms with van der Waals surface area (Å²) >= 11 is 0. The number of benzene rings is 1. The Labute approximate surface area is 112 Å². The number of para-hydroxylation sites is 1. The second kappa shape index (κ2) is 5.05. The van der Waals surface area contributed by atoms with Gasteiger partial charge in [0.25, 0.3) is 10.0 Å². The highest BCUT2D eigenvalue weighted by molar-refractivity contribution is 7.90. The van der Waals surface area contributed by atoms with Crippen LogP contribution < -0.4 is 4.72 Å². The van der Waals surface area contributed by atoms with Crippen molar-refractivity contribution in [1.82, 2.24) is 9.29 Å². The molecule has 0 atom stereocenters. The number of hydrogen-bond acceptors (Lipinski definition) is 3. The first-order valence-corrected chi connectivity index (χ1v) is 7.53. The summed E-state index contributed by atoms with van der Waals surface area (Å²) in [6, 6.07) is 7.18. The van der Waals surface area contributed by atoms with Gasteiger partial charge in [-0.3, -0.25) is 4.79 Å². The van der Waals surface area contributed by atoms with Crippen LogP contribution in [-0.2, 0) is 21.9 Å². The Morgan fingerprint density at radius 1 is 1.32 bits per heavy atom. The molecule has 19 heavy (non-hydrogen) atoms. The zero-order chi connectivity index (χ0) is 14.0. The molecule has 0 radical (unpaired) electrons. The van der Waals surface area contributed by atoms with E-state index in [1.165, 1.54) is 6.20 Å². The van der Waals surface area contributed by atoms with E-state index >= 15 is 0 Å². The molecule has 6 heteroatoms. The predicted molar refractivity (Wildman–Crippen MR) is 73.2 cm³/mol. The number of aromatic nitrogens is 1. The molecule has 0 aliphatic carbocycles. The molecular formula is C13H16N2O3S. The van der Waals surface area contributed by atoms with Crippen LogP contribution in [0.5, 0.6) is 0 Å². The molecule has 0 saturated carbocycles. The third kappa shape index (κ3) is 2.63. The third-order valence-electron chi connectivity index (χ3n) is 2.88. The number of sulfonamides is 1. The van der Waals surface area contributed by atoms with Crippen LogP contribution in [0.15, 0.2) is 35.4 Å². The fourth-order valence-electron chi connectivity index (χ4n) is 2.00. The summed E-state index contributed by atoms with van der Waals surface area (Å²) in [7, 11) is -2.03. The molecular weight excluding hydrogens is 264 g/mol. The molecule has 0 aliphatic rings. The van der Waals surface area contributed by atoms with Crippen molar-refractivity contribution in [3.8, 4) is 0 Å². The van der Waals surface area contributed by atoms with Gasteiger partial charge in [0.05, 0.1) is 0 Å². The Kier molecular flexibility index (Phi) is 3.61. The summed E-state index contributed by atoms with van der Waals surface area (Å²) in [6.45, 7) is 1.82. The van der Waals surface area contributed by atoms with Gasteiger partial charge in [0, 0.05) is 30.6 Å². The van der Waals surface area contributed by atoms with Crippen molar-refractivity contribution in [2.75, 3.05) is 0 Å². The average Bonchev–Trinajstić information content (AvgIpc) is 2.68. The topological polar surface area (TPSA) is 68.2 Å². The Morgan fingerprint density at radius 2 is 2.00 bits per heavy atom. The molecule has 102 valence electrons. The maximum absolute atomic E-state index is 12.2. The van der Waals surface area contributed by atoms with Gasteiger partial charge in [0.1, 0.15) is 4.90 Å². The van der Waals surface area contributed by atoms with E-state index < -0.39 is 15.9 Å². The number of aryl methyl sites for hydroxylation is 1. The zero-order valence-corrected chi connectivity index (χ0v) is 11.7. The van der Waals surface area contributed by atoms with Crippen LogP contribution in [0.4, 0.5) is 0 Å². The number of carbonyl (C=O) groups is 1. The Bertz CT molecular complexity index is 717. The highest BCUT2D eigenvalue weighted by Crippen LogP contribution is 2.24. The highest BCUT2D eigenvalue weighted by Gasteiger charge is 2.21. The van der Waals surface area contributed by atoms with Gasteiger partial charge in [-0.1, -0.05) is 25.1 Å². The molecule has 2 aromatic rings. The monoisotopic (exact) mass is 280 g/mol. The normalized spacial score (nSPS) is 11.7. The van der Waals surface area contributed by atoms with E-state index in [4.69, 9.17) is 0 Å². The second-order valence-corrected chi connectivity index (χ2v) is 6.05. The molecule has 0 aliphatic heterocycles. The first-order valence-electron chi connectivity index (χ1n) is 6.05. The van der Waals surface area contributed by atoms with E-state index in [2.05, 4.69) is 4.72 Å². The van der Waals surface area contributed by atoms with Gasteiger partial charge in [0.15, 0.2) is 0 Å². The first-order chi connectivity index (χ1) is 8.95. The van der Waals surface area contributed by atoms with E-state index in [1.54, 1.807) is 23.7 Å². The highest BCUT2D eigenvalue weighted by atomic mass is 32.2. The zero-order valence-electron chi connectivity index (χ0n) is 10.9.